The fourth-order valence-electron chi connectivity index (χ4n) is 3.09. The van der Waals surface area contributed by atoms with Gasteiger partial charge in [0.25, 0.3) is 5.56 Å². The number of amides is 1. The first-order valence-corrected chi connectivity index (χ1v) is 10.3. The number of aromatic nitrogens is 2. The molecule has 0 saturated carbocycles. The number of nitrogens with zero attached hydrogens (tertiary/aromatic N) is 3. The first-order chi connectivity index (χ1) is 13.0. The molecular weight excluding hydrogens is 358 g/mol. The first-order valence-electron chi connectivity index (χ1n) is 9.35. The second-order valence-corrected chi connectivity index (χ2v) is 7.53. The molecule has 0 N–H and O–H groups in total. The molecule has 0 atom stereocenters. The van der Waals surface area contributed by atoms with E-state index in [0.29, 0.717) is 22.6 Å². The van der Waals surface area contributed by atoms with Crippen LogP contribution in [-0.4, -0.2) is 39.2 Å². The summed E-state index contributed by atoms with van der Waals surface area (Å²) < 4.78 is 1.54. The van der Waals surface area contributed by atoms with Crippen molar-refractivity contribution in [3.63, 3.8) is 0 Å². The highest BCUT2D eigenvalue weighted by molar-refractivity contribution is 7.99. The molecule has 0 bridgehead atoms. The molecule has 2 aromatic carbocycles. The van der Waals surface area contributed by atoms with Crippen molar-refractivity contribution in [2.45, 2.75) is 31.8 Å². The zero-order valence-electron chi connectivity index (χ0n) is 16.1. The number of hydrogen-bond acceptors (Lipinski definition) is 4. The van der Waals surface area contributed by atoms with Crippen LogP contribution in [0.15, 0.2) is 46.3 Å². The maximum absolute atomic E-state index is 12.8. The van der Waals surface area contributed by atoms with Crippen LogP contribution in [0.25, 0.3) is 21.7 Å². The summed E-state index contributed by atoms with van der Waals surface area (Å²) >= 11 is 1.33. The minimum absolute atomic E-state index is 0.0842. The van der Waals surface area contributed by atoms with E-state index < -0.39 is 0 Å². The second kappa shape index (κ2) is 8.57. The number of unbranched alkanes of at least 4 members (excludes halogenated alkanes) is 1. The molecule has 3 aromatic rings. The van der Waals surface area contributed by atoms with Crippen LogP contribution in [0, 0.1) is 0 Å². The third-order valence-electron chi connectivity index (χ3n) is 4.74. The standard InChI is InChI=1S/C21H25N3O2S/c1-4-6-11-24(5-2)19(25)14-27-21-22-18-13-16-10-8-7-9-15(16)12-17(18)20(26)23(21)3/h7-10,12-13H,4-6,11,14H2,1-3H3. The number of thioether (sulfide) groups is 1. The van der Waals surface area contributed by atoms with Crippen LogP contribution >= 0.6 is 11.8 Å². The molecule has 1 heterocycles. The predicted octanol–water partition coefficient (Wildman–Crippen LogP) is 3.83. The SMILES string of the molecule is CCCCN(CC)C(=O)CSc1nc2cc3ccccc3cc2c(=O)n1C. The Labute approximate surface area is 163 Å². The van der Waals surface area contributed by atoms with Gasteiger partial charge < -0.3 is 4.90 Å². The van der Waals surface area contributed by atoms with E-state index in [1.165, 1.54) is 16.3 Å². The van der Waals surface area contributed by atoms with Gasteiger partial charge in [-0.1, -0.05) is 49.4 Å². The molecule has 0 aliphatic heterocycles. The molecule has 27 heavy (non-hydrogen) atoms. The Bertz CT molecular complexity index is 1030. The summed E-state index contributed by atoms with van der Waals surface area (Å²) in [7, 11) is 1.71. The van der Waals surface area contributed by atoms with Crippen molar-refractivity contribution in [3.8, 4) is 0 Å². The molecule has 142 valence electrons. The van der Waals surface area contributed by atoms with Gasteiger partial charge in [0, 0.05) is 20.1 Å². The fraction of sp³-hybridized carbons (Fsp3) is 0.381. The van der Waals surface area contributed by atoms with Gasteiger partial charge in [-0.3, -0.25) is 14.2 Å². The second-order valence-electron chi connectivity index (χ2n) is 6.59. The molecule has 0 unspecified atom stereocenters. The summed E-state index contributed by atoms with van der Waals surface area (Å²) in [6.45, 7) is 5.59. The lowest BCUT2D eigenvalue weighted by Crippen LogP contribution is -2.33. The molecule has 0 fully saturated rings. The number of carbonyl (C=O) groups excluding carboxylic acids is 1. The average molecular weight is 384 g/mol. The minimum atomic E-state index is -0.0842. The Kier molecular flexibility index (Phi) is 6.16. The van der Waals surface area contributed by atoms with Gasteiger partial charge in [0.2, 0.25) is 5.91 Å². The summed E-state index contributed by atoms with van der Waals surface area (Å²) in [4.78, 5) is 31.8. The van der Waals surface area contributed by atoms with Gasteiger partial charge in [-0.05, 0) is 36.2 Å². The monoisotopic (exact) mass is 383 g/mol. The third-order valence-corrected chi connectivity index (χ3v) is 5.76. The fourth-order valence-corrected chi connectivity index (χ4v) is 3.97. The summed E-state index contributed by atoms with van der Waals surface area (Å²) in [6, 6.07) is 11.8. The number of carbonyl (C=O) groups is 1. The van der Waals surface area contributed by atoms with Crippen molar-refractivity contribution < 1.29 is 4.79 Å². The summed E-state index contributed by atoms with van der Waals surface area (Å²) in [6.07, 6.45) is 2.07. The first kappa shape index (κ1) is 19.4. The van der Waals surface area contributed by atoms with Crippen molar-refractivity contribution in [2.75, 3.05) is 18.8 Å². The van der Waals surface area contributed by atoms with Crippen LogP contribution in [0.5, 0.6) is 0 Å². The number of rotatable bonds is 7. The molecule has 1 aromatic heterocycles. The van der Waals surface area contributed by atoms with E-state index in [9.17, 15) is 9.59 Å². The van der Waals surface area contributed by atoms with Gasteiger partial charge >= 0.3 is 0 Å². The topological polar surface area (TPSA) is 55.2 Å². The Morgan fingerprint density at radius 2 is 1.89 bits per heavy atom. The van der Waals surface area contributed by atoms with E-state index in [0.717, 1.165) is 30.2 Å². The van der Waals surface area contributed by atoms with Crippen molar-refractivity contribution in [1.29, 1.82) is 0 Å². The van der Waals surface area contributed by atoms with Crippen molar-refractivity contribution in [2.24, 2.45) is 7.05 Å². The largest absolute Gasteiger partial charge is 0.342 e. The van der Waals surface area contributed by atoms with Crippen LogP contribution in [0.1, 0.15) is 26.7 Å². The highest BCUT2D eigenvalue weighted by Gasteiger charge is 2.15. The lowest BCUT2D eigenvalue weighted by molar-refractivity contribution is -0.128. The van der Waals surface area contributed by atoms with Crippen LogP contribution in [-0.2, 0) is 11.8 Å². The van der Waals surface area contributed by atoms with Gasteiger partial charge in [0.15, 0.2) is 5.16 Å². The van der Waals surface area contributed by atoms with E-state index in [1.54, 1.807) is 7.05 Å². The Morgan fingerprint density at radius 1 is 1.19 bits per heavy atom. The summed E-state index contributed by atoms with van der Waals surface area (Å²) in [5.41, 5.74) is 0.587. The third kappa shape index (κ3) is 4.16. The van der Waals surface area contributed by atoms with Gasteiger partial charge in [-0.2, -0.15) is 0 Å². The molecule has 0 aliphatic rings. The quantitative estimate of drug-likeness (QED) is 0.353. The highest BCUT2D eigenvalue weighted by atomic mass is 32.2. The molecule has 0 saturated heterocycles. The van der Waals surface area contributed by atoms with Crippen LogP contribution < -0.4 is 5.56 Å². The van der Waals surface area contributed by atoms with Crippen molar-refractivity contribution in [1.82, 2.24) is 14.5 Å². The van der Waals surface area contributed by atoms with E-state index in [-0.39, 0.29) is 17.2 Å². The minimum Gasteiger partial charge on any atom is -0.342 e. The van der Waals surface area contributed by atoms with Crippen LogP contribution in [0.4, 0.5) is 0 Å². The van der Waals surface area contributed by atoms with Crippen molar-refractivity contribution >= 4 is 39.3 Å². The van der Waals surface area contributed by atoms with Crippen LogP contribution in [0.3, 0.4) is 0 Å². The molecule has 5 nitrogen and oxygen atoms in total. The number of benzene rings is 2. The highest BCUT2D eigenvalue weighted by Crippen LogP contribution is 2.22. The molecule has 0 spiro atoms. The van der Waals surface area contributed by atoms with Crippen LogP contribution in [0.2, 0.25) is 0 Å². The van der Waals surface area contributed by atoms with E-state index in [1.807, 2.05) is 48.2 Å². The lowest BCUT2D eigenvalue weighted by Gasteiger charge is -2.20. The van der Waals surface area contributed by atoms with Gasteiger partial charge in [-0.15, -0.1) is 0 Å². The molecule has 6 heteroatoms. The Morgan fingerprint density at radius 3 is 2.56 bits per heavy atom. The molecule has 1 amide bonds. The maximum atomic E-state index is 12.8. The maximum Gasteiger partial charge on any atom is 0.261 e. The van der Waals surface area contributed by atoms with Crippen molar-refractivity contribution in [3.05, 3.63) is 46.8 Å². The van der Waals surface area contributed by atoms with E-state index in [2.05, 4.69) is 11.9 Å². The summed E-state index contributed by atoms with van der Waals surface area (Å²) in [5.74, 6) is 0.375. The molecule has 0 aliphatic carbocycles. The number of hydrogen-bond donors (Lipinski definition) is 0. The molecular formula is C21H25N3O2S. The number of fused-ring (bicyclic) bond motifs is 2. The predicted molar refractivity (Wildman–Crippen MR) is 112 cm³/mol. The smallest absolute Gasteiger partial charge is 0.261 e. The Hall–Kier alpha value is -2.34. The zero-order chi connectivity index (χ0) is 19.4. The van der Waals surface area contributed by atoms with Gasteiger partial charge in [0.1, 0.15) is 0 Å². The molecule has 0 radical (unpaired) electrons. The van der Waals surface area contributed by atoms with E-state index in [4.69, 9.17) is 0 Å². The molecule has 3 rings (SSSR count). The summed E-state index contributed by atoms with van der Waals surface area (Å²) in [5, 5.41) is 3.25. The van der Waals surface area contributed by atoms with Gasteiger partial charge in [-0.25, -0.2) is 4.98 Å². The van der Waals surface area contributed by atoms with E-state index >= 15 is 0 Å². The zero-order valence-corrected chi connectivity index (χ0v) is 16.9. The average Bonchev–Trinajstić information content (AvgIpc) is 2.69. The lowest BCUT2D eigenvalue weighted by atomic mass is 10.1. The van der Waals surface area contributed by atoms with Gasteiger partial charge in [0.05, 0.1) is 16.7 Å². The normalized spacial score (nSPS) is 11.2. The Balaban J connectivity index is 1.88.